The van der Waals surface area contributed by atoms with Gasteiger partial charge in [-0.05, 0) is 31.2 Å². The zero-order chi connectivity index (χ0) is 20.6. The molecule has 1 aliphatic carbocycles. The smallest absolute Gasteiger partial charge is 0.417 e. The topological polar surface area (TPSA) is 65.5 Å². The first-order chi connectivity index (χ1) is 13.2. The van der Waals surface area contributed by atoms with Crippen molar-refractivity contribution in [2.24, 2.45) is 0 Å². The molecule has 2 aromatic rings. The number of carbonyl (C=O) groups is 2. The first kappa shape index (κ1) is 19.6. The molecule has 0 fully saturated rings. The Morgan fingerprint density at radius 1 is 0.964 bits per heavy atom. The third kappa shape index (κ3) is 3.37. The molecule has 0 bridgehead atoms. The van der Waals surface area contributed by atoms with Crippen LogP contribution < -0.4 is 9.47 Å². The van der Waals surface area contributed by atoms with Gasteiger partial charge in [0.15, 0.2) is 23.1 Å². The van der Waals surface area contributed by atoms with Crippen LogP contribution >= 0.6 is 0 Å². The SMILES string of the molecule is COc1cc2c(cc1OC)C(=O)C(Cc1ccc(C(F)(F)F)cn1)=C(C)C2=O. The van der Waals surface area contributed by atoms with Gasteiger partial charge in [-0.3, -0.25) is 14.6 Å². The maximum Gasteiger partial charge on any atom is 0.417 e. The van der Waals surface area contributed by atoms with E-state index in [1.807, 2.05) is 0 Å². The predicted molar refractivity (Wildman–Crippen MR) is 93.9 cm³/mol. The van der Waals surface area contributed by atoms with Crippen LogP contribution in [0.4, 0.5) is 13.2 Å². The minimum absolute atomic E-state index is 0.0532. The van der Waals surface area contributed by atoms with E-state index in [1.54, 1.807) is 0 Å². The summed E-state index contributed by atoms with van der Waals surface area (Å²) in [5.74, 6) is -0.121. The molecule has 3 rings (SSSR count). The molecule has 28 heavy (non-hydrogen) atoms. The summed E-state index contributed by atoms with van der Waals surface area (Å²) in [6.45, 7) is 1.51. The molecule has 0 radical (unpaired) electrons. The third-order valence-electron chi connectivity index (χ3n) is 4.59. The zero-order valence-corrected chi connectivity index (χ0v) is 15.3. The van der Waals surface area contributed by atoms with E-state index in [0.717, 1.165) is 6.07 Å². The summed E-state index contributed by atoms with van der Waals surface area (Å²) in [5.41, 5.74) is 0.158. The highest BCUT2D eigenvalue weighted by molar-refractivity contribution is 6.27. The lowest BCUT2D eigenvalue weighted by atomic mass is 9.82. The normalized spacial score (nSPS) is 14.2. The fraction of sp³-hybridized carbons (Fsp3) is 0.250. The highest BCUT2D eigenvalue weighted by atomic mass is 19.4. The Morgan fingerprint density at radius 2 is 1.54 bits per heavy atom. The minimum Gasteiger partial charge on any atom is -0.493 e. The molecular weight excluding hydrogens is 375 g/mol. The van der Waals surface area contributed by atoms with Crippen molar-refractivity contribution in [2.45, 2.75) is 19.5 Å². The van der Waals surface area contributed by atoms with Crippen molar-refractivity contribution in [1.29, 1.82) is 0 Å². The monoisotopic (exact) mass is 391 g/mol. The van der Waals surface area contributed by atoms with Crippen LogP contribution in [-0.2, 0) is 12.6 Å². The second-order valence-corrected chi connectivity index (χ2v) is 6.23. The van der Waals surface area contributed by atoms with Gasteiger partial charge in [0.05, 0.1) is 19.8 Å². The van der Waals surface area contributed by atoms with E-state index < -0.39 is 17.5 Å². The third-order valence-corrected chi connectivity index (χ3v) is 4.59. The van der Waals surface area contributed by atoms with Crippen molar-refractivity contribution in [2.75, 3.05) is 14.2 Å². The number of allylic oxidation sites excluding steroid dienone is 2. The van der Waals surface area contributed by atoms with Gasteiger partial charge in [-0.1, -0.05) is 0 Å². The van der Waals surface area contributed by atoms with Crippen LogP contribution in [0.25, 0.3) is 0 Å². The summed E-state index contributed by atoms with van der Waals surface area (Å²) < 4.78 is 48.4. The van der Waals surface area contributed by atoms with E-state index in [9.17, 15) is 22.8 Å². The van der Waals surface area contributed by atoms with Crippen LogP contribution in [0.2, 0.25) is 0 Å². The van der Waals surface area contributed by atoms with Crippen LogP contribution in [-0.4, -0.2) is 30.8 Å². The lowest BCUT2D eigenvalue weighted by Gasteiger charge is -2.21. The van der Waals surface area contributed by atoms with Crippen molar-refractivity contribution in [3.05, 3.63) is 64.0 Å². The quantitative estimate of drug-likeness (QED) is 0.787. The average Bonchev–Trinajstić information content (AvgIpc) is 2.68. The Hall–Kier alpha value is -3.16. The second-order valence-electron chi connectivity index (χ2n) is 6.23. The maximum absolute atomic E-state index is 13.0. The number of nitrogens with zero attached hydrogens (tertiary/aromatic N) is 1. The standard InChI is InChI=1S/C20H16F3NO4/c1-10-13(6-12-5-4-11(9-24-12)20(21,22)23)19(26)15-8-17(28-3)16(27-2)7-14(15)18(10)25/h4-5,7-9H,6H2,1-3H3. The number of fused-ring (bicyclic) bond motifs is 1. The minimum atomic E-state index is -4.49. The van der Waals surface area contributed by atoms with Gasteiger partial charge in [0.1, 0.15) is 0 Å². The molecule has 0 unspecified atom stereocenters. The molecular formula is C20H16F3NO4. The molecule has 0 saturated carbocycles. The van der Waals surface area contributed by atoms with Gasteiger partial charge < -0.3 is 9.47 Å². The highest BCUT2D eigenvalue weighted by Crippen LogP contribution is 2.36. The molecule has 0 saturated heterocycles. The molecule has 1 heterocycles. The summed E-state index contributed by atoms with van der Waals surface area (Å²) in [4.78, 5) is 29.5. The fourth-order valence-corrected chi connectivity index (χ4v) is 3.02. The van der Waals surface area contributed by atoms with E-state index in [4.69, 9.17) is 9.47 Å². The van der Waals surface area contributed by atoms with Gasteiger partial charge in [-0.25, -0.2) is 0 Å². The van der Waals surface area contributed by atoms with Gasteiger partial charge >= 0.3 is 6.18 Å². The predicted octanol–water partition coefficient (Wildman–Crippen LogP) is 4.06. The van der Waals surface area contributed by atoms with Gasteiger partial charge in [-0.2, -0.15) is 13.2 Å². The Balaban J connectivity index is 1.99. The van der Waals surface area contributed by atoms with Crippen LogP contribution in [0.15, 0.2) is 41.6 Å². The molecule has 1 aromatic carbocycles. The number of aromatic nitrogens is 1. The van der Waals surface area contributed by atoms with Crippen LogP contribution in [0, 0.1) is 0 Å². The zero-order valence-electron chi connectivity index (χ0n) is 15.3. The fourth-order valence-electron chi connectivity index (χ4n) is 3.02. The molecule has 1 aromatic heterocycles. The number of rotatable bonds is 4. The van der Waals surface area contributed by atoms with E-state index in [0.29, 0.717) is 17.7 Å². The number of ketones is 2. The number of halogens is 3. The van der Waals surface area contributed by atoms with E-state index in [1.165, 1.54) is 39.3 Å². The van der Waals surface area contributed by atoms with Crippen molar-refractivity contribution in [1.82, 2.24) is 4.98 Å². The number of carbonyl (C=O) groups excluding carboxylic acids is 2. The molecule has 8 heteroatoms. The number of Topliss-reactive ketones (excluding diaryl/α,β-unsaturated/α-hetero) is 2. The lowest BCUT2D eigenvalue weighted by molar-refractivity contribution is -0.137. The number of hydrogen-bond donors (Lipinski definition) is 0. The van der Waals surface area contributed by atoms with Gasteiger partial charge in [-0.15, -0.1) is 0 Å². The summed E-state index contributed by atoms with van der Waals surface area (Å²) in [5, 5.41) is 0. The van der Waals surface area contributed by atoms with E-state index in [-0.39, 0.29) is 40.2 Å². The van der Waals surface area contributed by atoms with Crippen molar-refractivity contribution in [3.8, 4) is 11.5 Å². The molecule has 0 N–H and O–H groups in total. The molecule has 1 aliphatic rings. The van der Waals surface area contributed by atoms with Gasteiger partial charge in [0.2, 0.25) is 0 Å². The number of ether oxygens (including phenoxy) is 2. The molecule has 146 valence electrons. The number of pyridine rings is 1. The number of benzene rings is 1. The van der Waals surface area contributed by atoms with Crippen molar-refractivity contribution < 1.29 is 32.2 Å². The van der Waals surface area contributed by atoms with Crippen molar-refractivity contribution in [3.63, 3.8) is 0 Å². The van der Waals surface area contributed by atoms with Crippen LogP contribution in [0.5, 0.6) is 11.5 Å². The van der Waals surface area contributed by atoms with Gasteiger partial charge in [0, 0.05) is 40.6 Å². The Kier molecular flexibility index (Phi) is 4.97. The Labute approximate surface area is 158 Å². The van der Waals surface area contributed by atoms with Crippen LogP contribution in [0.3, 0.4) is 0 Å². The van der Waals surface area contributed by atoms with Crippen LogP contribution in [0.1, 0.15) is 38.9 Å². The first-order valence-corrected chi connectivity index (χ1v) is 8.24. The maximum atomic E-state index is 13.0. The van der Waals surface area contributed by atoms with E-state index >= 15 is 0 Å². The second kappa shape index (κ2) is 7.10. The van der Waals surface area contributed by atoms with Gasteiger partial charge in [0.25, 0.3) is 0 Å². The largest absolute Gasteiger partial charge is 0.493 e. The highest BCUT2D eigenvalue weighted by Gasteiger charge is 2.33. The summed E-state index contributed by atoms with van der Waals surface area (Å²) in [7, 11) is 2.83. The molecule has 0 atom stereocenters. The first-order valence-electron chi connectivity index (χ1n) is 8.24. The molecule has 0 aliphatic heterocycles. The number of methoxy groups -OCH3 is 2. The number of hydrogen-bond acceptors (Lipinski definition) is 5. The average molecular weight is 391 g/mol. The molecule has 5 nitrogen and oxygen atoms in total. The lowest BCUT2D eigenvalue weighted by Crippen LogP contribution is -2.22. The summed E-state index contributed by atoms with van der Waals surface area (Å²) in [6, 6.07) is 4.98. The van der Waals surface area contributed by atoms with E-state index in [2.05, 4.69) is 4.98 Å². The summed E-state index contributed by atoms with van der Waals surface area (Å²) >= 11 is 0. The Morgan fingerprint density at radius 3 is 2.00 bits per heavy atom. The number of alkyl halides is 3. The molecule has 0 amide bonds. The summed E-state index contributed by atoms with van der Waals surface area (Å²) in [6.07, 6.45) is -3.84. The Bertz CT molecular complexity index is 992. The molecule has 0 spiro atoms. The van der Waals surface area contributed by atoms with Crippen molar-refractivity contribution >= 4 is 11.6 Å².